The van der Waals surface area contributed by atoms with Gasteiger partial charge in [-0.05, 0) is 25.3 Å². The fourth-order valence-corrected chi connectivity index (χ4v) is 3.70. The van der Waals surface area contributed by atoms with Crippen molar-refractivity contribution < 1.29 is 4.79 Å². The number of hydrogen-bond acceptors (Lipinski definition) is 4. The molecule has 0 amide bonds. The number of Topliss-reactive ketones (excluding diaryl/α,β-unsaturated/α-hetero) is 1. The second-order valence-electron chi connectivity index (χ2n) is 5.74. The lowest BCUT2D eigenvalue weighted by Gasteiger charge is -2.41. The van der Waals surface area contributed by atoms with Crippen LogP contribution in [0, 0.1) is 6.92 Å². The van der Waals surface area contributed by atoms with E-state index in [0.717, 1.165) is 24.4 Å². The van der Waals surface area contributed by atoms with Crippen LogP contribution in [0.4, 0.5) is 0 Å². The zero-order chi connectivity index (χ0) is 14.9. The first-order chi connectivity index (χ1) is 10.1. The third kappa shape index (κ3) is 2.62. The SMILES string of the molecule is Cc1ccc(C2(C(=O)CSc3nncn3C)CCC2)cc1. The Hall–Kier alpha value is -1.62. The van der Waals surface area contributed by atoms with Gasteiger partial charge in [0, 0.05) is 7.05 Å². The van der Waals surface area contributed by atoms with Crippen molar-refractivity contribution in [3.05, 3.63) is 41.7 Å². The molecule has 0 radical (unpaired) electrons. The highest BCUT2D eigenvalue weighted by molar-refractivity contribution is 7.99. The summed E-state index contributed by atoms with van der Waals surface area (Å²) in [7, 11) is 1.89. The molecule has 0 bridgehead atoms. The van der Waals surface area contributed by atoms with E-state index in [1.165, 1.54) is 22.9 Å². The van der Waals surface area contributed by atoms with Gasteiger partial charge in [0.05, 0.1) is 11.2 Å². The van der Waals surface area contributed by atoms with E-state index in [9.17, 15) is 4.79 Å². The lowest BCUT2D eigenvalue weighted by molar-refractivity contribution is -0.125. The van der Waals surface area contributed by atoms with E-state index in [4.69, 9.17) is 0 Å². The Morgan fingerprint density at radius 2 is 2.05 bits per heavy atom. The Morgan fingerprint density at radius 1 is 1.33 bits per heavy atom. The predicted molar refractivity (Wildman–Crippen MR) is 83.4 cm³/mol. The summed E-state index contributed by atoms with van der Waals surface area (Å²) in [4.78, 5) is 12.8. The molecule has 1 heterocycles. The minimum Gasteiger partial charge on any atom is -0.312 e. The number of carbonyl (C=O) groups is 1. The van der Waals surface area contributed by atoms with Crippen molar-refractivity contribution in [1.82, 2.24) is 14.8 Å². The Bertz CT molecular complexity index is 644. The highest BCUT2D eigenvalue weighted by atomic mass is 32.2. The first-order valence-electron chi connectivity index (χ1n) is 7.19. The van der Waals surface area contributed by atoms with Crippen LogP contribution in [0.5, 0.6) is 0 Å². The lowest BCUT2D eigenvalue weighted by Crippen LogP contribution is -2.43. The van der Waals surface area contributed by atoms with Gasteiger partial charge >= 0.3 is 0 Å². The van der Waals surface area contributed by atoms with Gasteiger partial charge in [0.1, 0.15) is 6.33 Å². The Labute approximate surface area is 129 Å². The van der Waals surface area contributed by atoms with Gasteiger partial charge in [-0.3, -0.25) is 4.79 Å². The van der Waals surface area contributed by atoms with Gasteiger partial charge < -0.3 is 4.57 Å². The van der Waals surface area contributed by atoms with Crippen molar-refractivity contribution >= 4 is 17.5 Å². The zero-order valence-corrected chi connectivity index (χ0v) is 13.2. The molecule has 1 aromatic heterocycles. The summed E-state index contributed by atoms with van der Waals surface area (Å²) in [6.07, 6.45) is 4.72. The highest BCUT2D eigenvalue weighted by Gasteiger charge is 2.44. The van der Waals surface area contributed by atoms with Crippen LogP contribution in [0.25, 0.3) is 0 Å². The molecule has 21 heavy (non-hydrogen) atoms. The molecule has 1 saturated carbocycles. The van der Waals surface area contributed by atoms with Gasteiger partial charge in [-0.1, -0.05) is 48.0 Å². The van der Waals surface area contributed by atoms with E-state index in [1.54, 1.807) is 6.33 Å². The number of ketones is 1. The van der Waals surface area contributed by atoms with Gasteiger partial charge in [0.25, 0.3) is 0 Å². The Morgan fingerprint density at radius 3 is 2.57 bits per heavy atom. The molecule has 4 nitrogen and oxygen atoms in total. The van der Waals surface area contributed by atoms with E-state index in [0.29, 0.717) is 11.5 Å². The van der Waals surface area contributed by atoms with Crippen molar-refractivity contribution in [3.8, 4) is 0 Å². The fraction of sp³-hybridized carbons (Fsp3) is 0.438. The van der Waals surface area contributed by atoms with Crippen LogP contribution in [0.1, 0.15) is 30.4 Å². The summed E-state index contributed by atoms with van der Waals surface area (Å²) in [6.45, 7) is 2.07. The molecule has 0 atom stereocenters. The predicted octanol–water partition coefficient (Wildman–Crippen LogP) is 2.91. The standard InChI is InChI=1S/C16H19N3OS/c1-12-4-6-13(7-5-12)16(8-3-9-16)14(20)10-21-15-18-17-11-19(15)2/h4-7,11H,3,8-10H2,1-2H3. The molecule has 110 valence electrons. The molecule has 5 heteroatoms. The topological polar surface area (TPSA) is 47.8 Å². The van der Waals surface area contributed by atoms with Gasteiger partial charge in [-0.25, -0.2) is 0 Å². The number of hydrogen-bond donors (Lipinski definition) is 0. The van der Waals surface area contributed by atoms with E-state index in [-0.39, 0.29) is 5.41 Å². The quantitative estimate of drug-likeness (QED) is 0.797. The zero-order valence-electron chi connectivity index (χ0n) is 12.4. The molecular formula is C16H19N3OS. The molecule has 0 saturated heterocycles. The minimum absolute atomic E-state index is 0.265. The highest BCUT2D eigenvalue weighted by Crippen LogP contribution is 2.45. The molecule has 1 aliphatic rings. The number of benzene rings is 1. The average molecular weight is 301 g/mol. The lowest BCUT2D eigenvalue weighted by atomic mass is 9.62. The van der Waals surface area contributed by atoms with Crippen molar-refractivity contribution in [2.45, 2.75) is 36.8 Å². The maximum absolute atomic E-state index is 12.8. The summed E-state index contributed by atoms with van der Waals surface area (Å²) in [6, 6.07) is 8.41. The van der Waals surface area contributed by atoms with Crippen molar-refractivity contribution in [2.75, 3.05) is 5.75 Å². The summed E-state index contributed by atoms with van der Waals surface area (Å²) in [5, 5.41) is 8.66. The van der Waals surface area contributed by atoms with Crippen LogP contribution < -0.4 is 0 Å². The smallest absolute Gasteiger partial charge is 0.191 e. The minimum atomic E-state index is -0.265. The summed E-state index contributed by atoms with van der Waals surface area (Å²) in [5.74, 6) is 0.769. The van der Waals surface area contributed by atoms with Crippen LogP contribution >= 0.6 is 11.8 Å². The van der Waals surface area contributed by atoms with Crippen LogP contribution in [0.15, 0.2) is 35.7 Å². The summed E-state index contributed by atoms with van der Waals surface area (Å²) in [5.41, 5.74) is 2.14. The normalized spacial score (nSPS) is 16.5. The largest absolute Gasteiger partial charge is 0.312 e. The third-order valence-electron chi connectivity index (χ3n) is 4.35. The second kappa shape index (κ2) is 5.64. The van der Waals surface area contributed by atoms with Gasteiger partial charge in [0.2, 0.25) is 0 Å². The fourth-order valence-electron chi connectivity index (χ4n) is 2.80. The number of nitrogens with zero attached hydrogens (tertiary/aromatic N) is 3. The molecule has 0 aliphatic heterocycles. The molecule has 0 unspecified atom stereocenters. The van der Waals surface area contributed by atoms with E-state index >= 15 is 0 Å². The molecule has 1 fully saturated rings. The van der Waals surface area contributed by atoms with Crippen LogP contribution in [-0.4, -0.2) is 26.3 Å². The van der Waals surface area contributed by atoms with Gasteiger partial charge in [-0.15, -0.1) is 10.2 Å². The molecular weight excluding hydrogens is 282 g/mol. The number of rotatable bonds is 5. The number of aromatic nitrogens is 3. The monoisotopic (exact) mass is 301 g/mol. The Kier molecular flexibility index (Phi) is 3.85. The number of thioether (sulfide) groups is 1. The summed E-state index contributed by atoms with van der Waals surface area (Å²) >= 11 is 1.48. The van der Waals surface area contributed by atoms with Crippen LogP contribution in [0.3, 0.4) is 0 Å². The maximum Gasteiger partial charge on any atom is 0.191 e. The maximum atomic E-state index is 12.8. The molecule has 1 aliphatic carbocycles. The Balaban J connectivity index is 1.75. The second-order valence-corrected chi connectivity index (χ2v) is 6.68. The summed E-state index contributed by atoms with van der Waals surface area (Å²) < 4.78 is 1.84. The third-order valence-corrected chi connectivity index (χ3v) is 5.38. The van der Waals surface area contributed by atoms with Gasteiger partial charge in [0.15, 0.2) is 10.9 Å². The average Bonchev–Trinajstić information content (AvgIpc) is 2.83. The molecule has 0 spiro atoms. The van der Waals surface area contributed by atoms with E-state index < -0.39 is 0 Å². The number of carbonyl (C=O) groups excluding carboxylic acids is 1. The molecule has 0 N–H and O–H groups in total. The van der Waals surface area contributed by atoms with Gasteiger partial charge in [-0.2, -0.15) is 0 Å². The first-order valence-corrected chi connectivity index (χ1v) is 8.18. The van der Waals surface area contributed by atoms with E-state index in [2.05, 4.69) is 41.4 Å². The first kappa shape index (κ1) is 14.3. The molecule has 3 rings (SSSR count). The van der Waals surface area contributed by atoms with E-state index in [1.807, 2.05) is 11.6 Å². The van der Waals surface area contributed by atoms with Crippen molar-refractivity contribution in [3.63, 3.8) is 0 Å². The molecule has 2 aromatic rings. The number of aryl methyl sites for hydroxylation is 2. The van der Waals surface area contributed by atoms with Crippen molar-refractivity contribution in [1.29, 1.82) is 0 Å². The van der Waals surface area contributed by atoms with Crippen LogP contribution in [-0.2, 0) is 17.3 Å². The van der Waals surface area contributed by atoms with Crippen molar-refractivity contribution in [2.24, 2.45) is 7.05 Å². The van der Waals surface area contributed by atoms with Crippen LogP contribution in [0.2, 0.25) is 0 Å². The molecule has 1 aromatic carbocycles.